The number of ketones is 1. The second kappa shape index (κ2) is 12.4. The molecule has 1 N–H and O–H groups in total. The predicted molar refractivity (Wildman–Crippen MR) is 123 cm³/mol. The summed E-state index contributed by atoms with van der Waals surface area (Å²) in [6, 6.07) is 17.7. The first-order valence-electron chi connectivity index (χ1n) is 10.9. The molecule has 9 heteroatoms. The SMILES string of the molecule is CCOC(=O)C(C)(C(=O)C(C)C)N(NC(=O)OCc1ccccc1)C(=O)OCc1ccccc1. The Morgan fingerprint density at radius 1 is 0.853 bits per heavy atom. The highest BCUT2D eigenvalue weighted by Gasteiger charge is 2.53. The van der Waals surface area contributed by atoms with E-state index in [2.05, 4.69) is 5.43 Å². The summed E-state index contributed by atoms with van der Waals surface area (Å²) in [4.78, 5) is 51.7. The fourth-order valence-electron chi connectivity index (χ4n) is 3.11. The van der Waals surface area contributed by atoms with Crippen molar-refractivity contribution in [2.24, 2.45) is 5.92 Å². The maximum absolute atomic E-state index is 13.1. The number of hydrazine groups is 1. The Morgan fingerprint density at radius 2 is 1.35 bits per heavy atom. The van der Waals surface area contributed by atoms with Gasteiger partial charge in [-0.2, -0.15) is 5.01 Å². The molecule has 0 fully saturated rings. The number of hydrogen-bond acceptors (Lipinski definition) is 7. The van der Waals surface area contributed by atoms with Crippen LogP contribution in [0.4, 0.5) is 9.59 Å². The standard InChI is InChI=1S/C25H30N2O7/c1-5-32-22(29)25(4,21(28)18(2)3)27(24(31)34-17-20-14-10-7-11-15-20)26-23(30)33-16-19-12-8-6-9-13-19/h6-15,18H,5,16-17H2,1-4H3,(H,26,30). The minimum absolute atomic E-state index is 0.0366. The summed E-state index contributed by atoms with van der Waals surface area (Å²) < 4.78 is 15.6. The molecular weight excluding hydrogens is 440 g/mol. The third-order valence-electron chi connectivity index (χ3n) is 4.93. The Bertz CT molecular complexity index is 979. The molecular formula is C25H30N2O7. The molecule has 34 heavy (non-hydrogen) atoms. The third kappa shape index (κ3) is 6.81. The number of hydrogen-bond donors (Lipinski definition) is 1. The van der Waals surface area contributed by atoms with Crippen molar-refractivity contribution in [3.8, 4) is 0 Å². The van der Waals surface area contributed by atoms with Gasteiger partial charge >= 0.3 is 18.2 Å². The normalized spacial score (nSPS) is 12.3. The van der Waals surface area contributed by atoms with Crippen LogP contribution in [0, 0.1) is 5.92 Å². The van der Waals surface area contributed by atoms with E-state index >= 15 is 0 Å². The number of Topliss-reactive ketones (excluding diaryl/α,β-unsaturated/α-hetero) is 1. The van der Waals surface area contributed by atoms with E-state index in [0.29, 0.717) is 16.1 Å². The van der Waals surface area contributed by atoms with Crippen LogP contribution in [0.2, 0.25) is 0 Å². The third-order valence-corrected chi connectivity index (χ3v) is 4.93. The van der Waals surface area contributed by atoms with Gasteiger partial charge in [-0.05, 0) is 25.0 Å². The zero-order valence-electron chi connectivity index (χ0n) is 19.8. The number of amides is 2. The van der Waals surface area contributed by atoms with Crippen molar-refractivity contribution in [3.63, 3.8) is 0 Å². The summed E-state index contributed by atoms with van der Waals surface area (Å²) in [6.45, 7) is 5.64. The average Bonchev–Trinajstić information content (AvgIpc) is 2.85. The van der Waals surface area contributed by atoms with Gasteiger partial charge in [-0.15, -0.1) is 0 Å². The summed E-state index contributed by atoms with van der Waals surface area (Å²) in [7, 11) is 0. The van der Waals surface area contributed by atoms with Crippen molar-refractivity contribution >= 4 is 23.9 Å². The second-order valence-corrected chi connectivity index (χ2v) is 7.86. The van der Waals surface area contributed by atoms with Gasteiger partial charge in [0.15, 0.2) is 5.78 Å². The van der Waals surface area contributed by atoms with Gasteiger partial charge in [-0.25, -0.2) is 19.8 Å². The molecule has 0 aliphatic heterocycles. The molecule has 1 unspecified atom stereocenters. The van der Waals surface area contributed by atoms with E-state index in [1.165, 1.54) is 6.92 Å². The number of esters is 1. The van der Waals surface area contributed by atoms with Crippen LogP contribution >= 0.6 is 0 Å². The molecule has 2 aromatic carbocycles. The summed E-state index contributed by atoms with van der Waals surface area (Å²) >= 11 is 0. The van der Waals surface area contributed by atoms with Gasteiger partial charge in [-0.3, -0.25) is 4.79 Å². The molecule has 0 aromatic heterocycles. The van der Waals surface area contributed by atoms with Gasteiger partial charge in [-0.1, -0.05) is 74.5 Å². The molecule has 182 valence electrons. The molecule has 9 nitrogen and oxygen atoms in total. The fraction of sp³-hybridized carbons (Fsp3) is 0.360. The highest BCUT2D eigenvalue weighted by Crippen LogP contribution is 2.23. The van der Waals surface area contributed by atoms with Gasteiger partial charge in [0.2, 0.25) is 5.54 Å². The van der Waals surface area contributed by atoms with Crippen LogP contribution in [0.15, 0.2) is 60.7 Å². The first-order valence-corrected chi connectivity index (χ1v) is 10.9. The fourth-order valence-corrected chi connectivity index (χ4v) is 3.11. The Labute approximate surface area is 198 Å². The Hall–Kier alpha value is -3.88. The predicted octanol–water partition coefficient (Wildman–Crippen LogP) is 4.01. The largest absolute Gasteiger partial charge is 0.464 e. The van der Waals surface area contributed by atoms with Crippen LogP contribution in [0.25, 0.3) is 0 Å². The molecule has 2 amide bonds. The second-order valence-electron chi connectivity index (χ2n) is 7.86. The molecule has 0 bridgehead atoms. The molecule has 0 aliphatic rings. The quantitative estimate of drug-likeness (QED) is 0.255. The van der Waals surface area contributed by atoms with Crippen molar-refractivity contribution in [2.45, 2.75) is 46.4 Å². The van der Waals surface area contributed by atoms with Crippen LogP contribution in [-0.2, 0) is 37.0 Å². The highest BCUT2D eigenvalue weighted by molar-refractivity contribution is 6.10. The lowest BCUT2D eigenvalue weighted by molar-refractivity contribution is -0.163. The molecule has 0 radical (unpaired) electrons. The molecule has 0 spiro atoms. The lowest BCUT2D eigenvalue weighted by atomic mass is 9.88. The summed E-state index contributed by atoms with van der Waals surface area (Å²) in [5.41, 5.74) is 1.41. The maximum Gasteiger partial charge on any atom is 0.430 e. The molecule has 2 rings (SSSR count). The van der Waals surface area contributed by atoms with Crippen LogP contribution < -0.4 is 5.43 Å². The van der Waals surface area contributed by atoms with Crippen LogP contribution in [0.3, 0.4) is 0 Å². The smallest absolute Gasteiger partial charge is 0.430 e. The van der Waals surface area contributed by atoms with Crippen LogP contribution in [0.1, 0.15) is 38.8 Å². The minimum atomic E-state index is -2.19. The van der Waals surface area contributed by atoms with Gasteiger partial charge in [0, 0.05) is 5.92 Å². The van der Waals surface area contributed by atoms with Gasteiger partial charge < -0.3 is 14.2 Å². The topological polar surface area (TPSA) is 111 Å². The highest BCUT2D eigenvalue weighted by atomic mass is 16.6. The van der Waals surface area contributed by atoms with E-state index in [1.807, 2.05) is 6.07 Å². The first kappa shape index (κ1) is 26.4. The van der Waals surface area contributed by atoms with E-state index in [0.717, 1.165) is 0 Å². The van der Waals surface area contributed by atoms with E-state index in [4.69, 9.17) is 14.2 Å². The molecule has 0 aliphatic carbocycles. The summed E-state index contributed by atoms with van der Waals surface area (Å²) in [5.74, 6) is -2.32. The van der Waals surface area contributed by atoms with Crippen LogP contribution in [0.5, 0.6) is 0 Å². The zero-order valence-corrected chi connectivity index (χ0v) is 19.8. The molecule has 0 saturated heterocycles. The number of benzene rings is 2. The number of ether oxygens (including phenoxy) is 3. The maximum atomic E-state index is 13.1. The first-order chi connectivity index (χ1) is 16.2. The van der Waals surface area contributed by atoms with Crippen molar-refractivity contribution < 1.29 is 33.4 Å². The lowest BCUT2D eigenvalue weighted by Crippen LogP contribution is -2.67. The van der Waals surface area contributed by atoms with Gasteiger partial charge in [0.1, 0.15) is 13.2 Å². The number of carbonyl (C=O) groups is 4. The van der Waals surface area contributed by atoms with E-state index in [9.17, 15) is 19.2 Å². The van der Waals surface area contributed by atoms with Crippen LogP contribution in [-0.4, -0.2) is 41.1 Å². The number of nitrogens with one attached hydrogen (secondary N) is 1. The van der Waals surface area contributed by atoms with E-state index in [-0.39, 0.29) is 19.8 Å². The molecule has 0 saturated carbocycles. The summed E-state index contributed by atoms with van der Waals surface area (Å²) in [5, 5.41) is 0.545. The lowest BCUT2D eigenvalue weighted by Gasteiger charge is -2.37. The van der Waals surface area contributed by atoms with Gasteiger partial charge in [0.25, 0.3) is 0 Å². The molecule has 2 aromatic rings. The Kier molecular flexibility index (Phi) is 9.61. The van der Waals surface area contributed by atoms with Crippen molar-refractivity contribution in [3.05, 3.63) is 71.8 Å². The number of rotatable bonds is 9. The van der Waals surface area contributed by atoms with Crippen molar-refractivity contribution in [1.82, 2.24) is 10.4 Å². The average molecular weight is 471 g/mol. The Balaban J connectivity index is 2.30. The summed E-state index contributed by atoms with van der Waals surface area (Å²) in [6.07, 6.45) is -2.17. The number of nitrogens with zero attached hydrogens (tertiary/aromatic N) is 1. The van der Waals surface area contributed by atoms with E-state index < -0.39 is 35.4 Å². The molecule has 0 heterocycles. The monoisotopic (exact) mass is 470 g/mol. The zero-order chi connectivity index (χ0) is 25.1. The number of carbonyl (C=O) groups excluding carboxylic acids is 4. The Morgan fingerprint density at radius 3 is 1.82 bits per heavy atom. The van der Waals surface area contributed by atoms with Crippen molar-refractivity contribution in [2.75, 3.05) is 6.61 Å². The minimum Gasteiger partial charge on any atom is -0.464 e. The van der Waals surface area contributed by atoms with Crippen molar-refractivity contribution in [1.29, 1.82) is 0 Å². The van der Waals surface area contributed by atoms with E-state index in [1.54, 1.807) is 75.4 Å². The van der Waals surface area contributed by atoms with Gasteiger partial charge in [0.05, 0.1) is 6.61 Å². The molecule has 1 atom stereocenters.